The Bertz CT molecular complexity index is 744. The monoisotopic (exact) mass is 397 g/mol. The first kappa shape index (κ1) is 20.1. The number of hydrogen-bond donors (Lipinski definition) is 1. The average molecular weight is 398 g/mol. The Morgan fingerprint density at radius 3 is 2.10 bits per heavy atom. The third-order valence-corrected chi connectivity index (χ3v) is 6.87. The van der Waals surface area contributed by atoms with Gasteiger partial charge in [-0.05, 0) is 50.9 Å². The third kappa shape index (κ3) is 4.08. The van der Waals surface area contributed by atoms with Crippen LogP contribution in [0.25, 0.3) is 0 Å². The number of hydrogen-bond acceptors (Lipinski definition) is 4. The summed E-state index contributed by atoms with van der Waals surface area (Å²) in [5.41, 5.74) is 0.956. The van der Waals surface area contributed by atoms with Crippen molar-refractivity contribution >= 4 is 17.7 Å². The first-order valence-electron chi connectivity index (χ1n) is 11.1. The zero-order chi connectivity index (χ0) is 20.3. The Labute approximate surface area is 172 Å². The van der Waals surface area contributed by atoms with Crippen LogP contribution in [0.5, 0.6) is 0 Å². The van der Waals surface area contributed by atoms with E-state index in [0.717, 1.165) is 25.9 Å². The molecular formula is C23H31N3O3. The van der Waals surface area contributed by atoms with E-state index in [1.807, 2.05) is 0 Å². The largest absolute Gasteiger partial charge is 0.354 e. The molecular weight excluding hydrogens is 366 g/mol. The fourth-order valence-electron chi connectivity index (χ4n) is 5.19. The minimum atomic E-state index is -0.296. The molecule has 6 heteroatoms. The summed E-state index contributed by atoms with van der Waals surface area (Å²) in [6.45, 7) is 3.07. The predicted octanol–water partition coefficient (Wildman–Crippen LogP) is 2.98. The van der Waals surface area contributed by atoms with Gasteiger partial charge >= 0.3 is 0 Å². The van der Waals surface area contributed by atoms with Crippen molar-refractivity contribution in [2.75, 3.05) is 26.2 Å². The number of imide groups is 1. The van der Waals surface area contributed by atoms with Gasteiger partial charge in [-0.3, -0.25) is 24.2 Å². The van der Waals surface area contributed by atoms with Gasteiger partial charge in [0.1, 0.15) is 0 Å². The molecule has 1 saturated heterocycles. The fraction of sp³-hybridized carbons (Fsp3) is 0.609. The van der Waals surface area contributed by atoms with Crippen LogP contribution in [0, 0.1) is 0 Å². The van der Waals surface area contributed by atoms with E-state index in [1.54, 1.807) is 24.3 Å². The Hall–Kier alpha value is -2.21. The topological polar surface area (TPSA) is 69.7 Å². The van der Waals surface area contributed by atoms with Crippen LogP contribution in [0.2, 0.25) is 0 Å². The molecule has 0 unspecified atom stereocenters. The van der Waals surface area contributed by atoms with Gasteiger partial charge in [-0.25, -0.2) is 0 Å². The number of likely N-dealkylation sites (tertiary alicyclic amines) is 1. The molecule has 1 saturated carbocycles. The van der Waals surface area contributed by atoms with Crippen molar-refractivity contribution in [3.8, 4) is 0 Å². The summed E-state index contributed by atoms with van der Waals surface area (Å²) in [6.07, 6.45) is 9.97. The normalized spacial score (nSPS) is 21.9. The lowest BCUT2D eigenvalue weighted by Crippen LogP contribution is -2.58. The van der Waals surface area contributed by atoms with Crippen LogP contribution in [0.3, 0.4) is 0 Å². The second-order valence-corrected chi connectivity index (χ2v) is 8.67. The smallest absolute Gasteiger partial charge is 0.261 e. The van der Waals surface area contributed by atoms with Gasteiger partial charge < -0.3 is 5.32 Å². The predicted molar refractivity (Wildman–Crippen MR) is 111 cm³/mol. The summed E-state index contributed by atoms with van der Waals surface area (Å²) in [4.78, 5) is 41.3. The van der Waals surface area contributed by atoms with E-state index in [4.69, 9.17) is 0 Å². The number of carbonyl (C=O) groups is 3. The van der Waals surface area contributed by atoms with Gasteiger partial charge in [0.2, 0.25) is 5.91 Å². The highest BCUT2D eigenvalue weighted by molar-refractivity contribution is 6.21. The molecule has 156 valence electrons. The van der Waals surface area contributed by atoms with Crippen LogP contribution in [-0.4, -0.2) is 59.2 Å². The van der Waals surface area contributed by atoms with E-state index >= 15 is 0 Å². The van der Waals surface area contributed by atoms with Crippen molar-refractivity contribution in [1.29, 1.82) is 0 Å². The van der Waals surface area contributed by atoms with Crippen LogP contribution in [0.4, 0.5) is 0 Å². The van der Waals surface area contributed by atoms with E-state index in [0.29, 0.717) is 17.7 Å². The Balaban J connectivity index is 1.32. The lowest BCUT2D eigenvalue weighted by atomic mass is 9.79. The maximum atomic E-state index is 12.6. The average Bonchev–Trinajstić information content (AvgIpc) is 3.02. The van der Waals surface area contributed by atoms with Crippen LogP contribution < -0.4 is 5.32 Å². The second kappa shape index (κ2) is 8.66. The lowest BCUT2D eigenvalue weighted by Gasteiger charge is -2.48. The summed E-state index contributed by atoms with van der Waals surface area (Å²) >= 11 is 0. The highest BCUT2D eigenvalue weighted by atomic mass is 16.2. The number of nitrogens with zero attached hydrogens (tertiary/aromatic N) is 2. The Kier molecular flexibility index (Phi) is 5.99. The first-order valence-corrected chi connectivity index (χ1v) is 11.1. The van der Waals surface area contributed by atoms with E-state index in [9.17, 15) is 14.4 Å². The number of nitrogens with one attached hydrogen (secondary N) is 1. The number of rotatable bonds is 6. The highest BCUT2D eigenvalue weighted by Crippen LogP contribution is 2.35. The van der Waals surface area contributed by atoms with E-state index in [2.05, 4.69) is 10.2 Å². The van der Waals surface area contributed by atoms with Gasteiger partial charge in [0, 0.05) is 25.0 Å². The SMILES string of the molecule is O=C(CCN1C(=O)c2ccccc2C1=O)NCC1(N2CCCCC2)CCCCC1. The molecule has 1 aromatic rings. The molecule has 29 heavy (non-hydrogen) atoms. The molecule has 1 aromatic carbocycles. The van der Waals surface area contributed by atoms with Crippen molar-refractivity contribution in [1.82, 2.24) is 15.1 Å². The van der Waals surface area contributed by atoms with Gasteiger partial charge in [0.25, 0.3) is 11.8 Å². The summed E-state index contributed by atoms with van der Waals surface area (Å²) in [6, 6.07) is 6.84. The van der Waals surface area contributed by atoms with Crippen LogP contribution in [0.15, 0.2) is 24.3 Å². The molecule has 4 rings (SSSR count). The van der Waals surface area contributed by atoms with Gasteiger partial charge in [-0.2, -0.15) is 0 Å². The third-order valence-electron chi connectivity index (χ3n) is 6.87. The fourth-order valence-corrected chi connectivity index (χ4v) is 5.19. The molecule has 3 aliphatic rings. The number of benzene rings is 1. The number of amides is 3. The molecule has 2 fully saturated rings. The number of piperidine rings is 1. The molecule has 1 aliphatic carbocycles. The van der Waals surface area contributed by atoms with Crippen LogP contribution in [0.1, 0.15) is 78.5 Å². The summed E-state index contributed by atoms with van der Waals surface area (Å²) < 4.78 is 0. The quantitative estimate of drug-likeness (QED) is 0.750. The standard InChI is InChI=1S/C23H31N3O3/c27-20(11-16-26-21(28)18-9-3-4-10-19(18)22(26)29)24-17-23(12-5-1-6-13-23)25-14-7-2-8-15-25/h3-4,9-10H,1-2,5-8,11-17H2,(H,24,27). The zero-order valence-electron chi connectivity index (χ0n) is 17.1. The minimum absolute atomic E-state index is 0.0801. The molecule has 3 amide bonds. The van der Waals surface area contributed by atoms with E-state index in [-0.39, 0.29) is 36.2 Å². The second-order valence-electron chi connectivity index (χ2n) is 8.67. The minimum Gasteiger partial charge on any atom is -0.354 e. The zero-order valence-corrected chi connectivity index (χ0v) is 17.1. The molecule has 1 N–H and O–H groups in total. The van der Waals surface area contributed by atoms with Crippen molar-refractivity contribution in [3.63, 3.8) is 0 Å². The summed E-state index contributed by atoms with van der Waals surface area (Å²) in [5, 5.41) is 3.14. The highest BCUT2D eigenvalue weighted by Gasteiger charge is 2.39. The Morgan fingerprint density at radius 1 is 0.897 bits per heavy atom. The van der Waals surface area contributed by atoms with Crippen molar-refractivity contribution in [2.45, 2.75) is 63.3 Å². The lowest BCUT2D eigenvalue weighted by molar-refractivity contribution is -0.122. The van der Waals surface area contributed by atoms with E-state index in [1.165, 1.54) is 43.4 Å². The van der Waals surface area contributed by atoms with Crippen molar-refractivity contribution in [3.05, 3.63) is 35.4 Å². The molecule has 0 atom stereocenters. The molecule has 0 spiro atoms. The summed E-state index contributed by atoms with van der Waals surface area (Å²) in [5.74, 6) is -0.672. The maximum Gasteiger partial charge on any atom is 0.261 e. The van der Waals surface area contributed by atoms with Crippen molar-refractivity contribution < 1.29 is 14.4 Å². The summed E-state index contributed by atoms with van der Waals surface area (Å²) in [7, 11) is 0. The Morgan fingerprint density at radius 2 is 1.48 bits per heavy atom. The molecule has 2 aliphatic heterocycles. The van der Waals surface area contributed by atoms with Gasteiger partial charge in [-0.1, -0.05) is 37.8 Å². The van der Waals surface area contributed by atoms with Crippen LogP contribution in [-0.2, 0) is 4.79 Å². The van der Waals surface area contributed by atoms with Crippen molar-refractivity contribution in [2.24, 2.45) is 0 Å². The van der Waals surface area contributed by atoms with Gasteiger partial charge in [-0.15, -0.1) is 0 Å². The van der Waals surface area contributed by atoms with Gasteiger partial charge in [0.15, 0.2) is 0 Å². The number of fused-ring (bicyclic) bond motifs is 1. The maximum absolute atomic E-state index is 12.6. The molecule has 0 aromatic heterocycles. The number of carbonyl (C=O) groups excluding carboxylic acids is 3. The molecule has 2 heterocycles. The first-order chi connectivity index (χ1) is 14.1. The van der Waals surface area contributed by atoms with E-state index < -0.39 is 0 Å². The van der Waals surface area contributed by atoms with Gasteiger partial charge in [0.05, 0.1) is 11.1 Å². The molecule has 0 bridgehead atoms. The molecule has 6 nitrogen and oxygen atoms in total. The molecule has 0 radical (unpaired) electrons. The van der Waals surface area contributed by atoms with Crippen LogP contribution >= 0.6 is 0 Å².